The van der Waals surface area contributed by atoms with Crippen LogP contribution >= 0.6 is 11.6 Å². The topological polar surface area (TPSA) is 84.9 Å². The number of hydrogen-bond donors (Lipinski definition) is 1. The molecule has 7 nitrogen and oxygen atoms in total. The molecule has 0 fully saturated rings. The molecule has 0 saturated heterocycles. The Balaban J connectivity index is 2.23. The van der Waals surface area contributed by atoms with Crippen molar-refractivity contribution >= 4 is 33.2 Å². The van der Waals surface area contributed by atoms with Crippen molar-refractivity contribution in [1.82, 2.24) is 5.32 Å². The van der Waals surface area contributed by atoms with Crippen LogP contribution in [0, 0.1) is 0 Å². The normalized spacial score (nSPS) is 12.2. The molecule has 0 spiro atoms. The molecule has 0 unspecified atom stereocenters. The number of carbonyl (C=O) groups excluding carboxylic acids is 1. The number of methoxy groups -OCH3 is 2. The average Bonchev–Trinajstić information content (AvgIpc) is 2.65. The van der Waals surface area contributed by atoms with Crippen LogP contribution in [0.15, 0.2) is 42.5 Å². The van der Waals surface area contributed by atoms with Crippen molar-refractivity contribution in [2.75, 3.05) is 31.3 Å². The number of nitrogens with zero attached hydrogens (tertiary/aromatic N) is 1. The summed E-state index contributed by atoms with van der Waals surface area (Å²) in [5.74, 6) is 0.716. The van der Waals surface area contributed by atoms with E-state index in [0.717, 1.165) is 10.6 Å². The van der Waals surface area contributed by atoms with Crippen LogP contribution in [0.25, 0.3) is 0 Å². The fraction of sp³-hybridized carbons (Fsp3) is 0.316. The fourth-order valence-corrected chi connectivity index (χ4v) is 3.86. The predicted molar refractivity (Wildman–Crippen MR) is 110 cm³/mol. The molecule has 0 aliphatic carbocycles. The van der Waals surface area contributed by atoms with Gasteiger partial charge in [0.15, 0.2) is 0 Å². The minimum Gasteiger partial charge on any atom is -0.497 e. The zero-order valence-electron chi connectivity index (χ0n) is 16.1. The Bertz CT molecular complexity index is 949. The van der Waals surface area contributed by atoms with Gasteiger partial charge < -0.3 is 14.8 Å². The molecule has 0 radical (unpaired) electrons. The van der Waals surface area contributed by atoms with E-state index in [4.69, 9.17) is 21.1 Å². The van der Waals surface area contributed by atoms with Gasteiger partial charge in [-0.2, -0.15) is 0 Å². The lowest BCUT2D eigenvalue weighted by molar-refractivity contribution is -0.120. The van der Waals surface area contributed by atoms with Crippen molar-refractivity contribution in [1.29, 1.82) is 0 Å². The van der Waals surface area contributed by atoms with E-state index in [9.17, 15) is 13.2 Å². The number of benzene rings is 2. The molecule has 2 aromatic rings. The summed E-state index contributed by atoms with van der Waals surface area (Å²) in [7, 11) is -0.642. The second-order valence-electron chi connectivity index (χ2n) is 6.12. The van der Waals surface area contributed by atoms with Crippen LogP contribution in [0.3, 0.4) is 0 Å². The maximum atomic E-state index is 12.6. The van der Waals surface area contributed by atoms with E-state index in [-0.39, 0.29) is 10.7 Å². The monoisotopic (exact) mass is 426 g/mol. The maximum absolute atomic E-state index is 12.6. The molecule has 0 aromatic heterocycles. The molecular weight excluding hydrogens is 404 g/mol. The van der Waals surface area contributed by atoms with Gasteiger partial charge in [0.2, 0.25) is 15.9 Å². The van der Waals surface area contributed by atoms with Gasteiger partial charge in [-0.05, 0) is 37.3 Å². The summed E-state index contributed by atoms with van der Waals surface area (Å²) >= 11 is 6.11. The Morgan fingerprint density at radius 1 is 1.18 bits per heavy atom. The maximum Gasteiger partial charge on any atom is 0.241 e. The number of hydrogen-bond acceptors (Lipinski definition) is 5. The zero-order chi connectivity index (χ0) is 20.9. The number of carbonyl (C=O) groups is 1. The first-order chi connectivity index (χ1) is 13.2. The van der Waals surface area contributed by atoms with Gasteiger partial charge in [-0.1, -0.05) is 23.7 Å². The molecule has 2 rings (SSSR count). The van der Waals surface area contributed by atoms with E-state index in [1.165, 1.54) is 7.11 Å². The third-order valence-corrected chi connectivity index (χ3v) is 5.54. The molecule has 1 atom stereocenters. The fourth-order valence-electron chi connectivity index (χ4n) is 2.71. The summed E-state index contributed by atoms with van der Waals surface area (Å²) in [5.41, 5.74) is 0.951. The third-order valence-electron chi connectivity index (χ3n) is 4.09. The van der Waals surface area contributed by atoms with Gasteiger partial charge in [0.1, 0.15) is 18.0 Å². The lowest BCUT2D eigenvalue weighted by atomic mass is 10.1. The number of nitrogens with one attached hydrogen (secondary N) is 1. The van der Waals surface area contributed by atoms with Crippen molar-refractivity contribution in [3.63, 3.8) is 0 Å². The van der Waals surface area contributed by atoms with Crippen molar-refractivity contribution < 1.29 is 22.7 Å². The number of anilines is 1. The first-order valence-corrected chi connectivity index (χ1v) is 10.6. The summed E-state index contributed by atoms with van der Waals surface area (Å²) in [5, 5.41) is 3.03. The Kier molecular flexibility index (Phi) is 7.15. The second-order valence-corrected chi connectivity index (χ2v) is 8.43. The van der Waals surface area contributed by atoms with Gasteiger partial charge in [0.05, 0.1) is 37.2 Å². The van der Waals surface area contributed by atoms with E-state index in [0.29, 0.717) is 17.1 Å². The lowest BCUT2D eigenvalue weighted by Crippen LogP contribution is -2.41. The molecule has 152 valence electrons. The van der Waals surface area contributed by atoms with E-state index < -0.39 is 28.5 Å². The standard InChI is InChI=1S/C19H23ClN2O5S/c1-13(15-11-14(26-2)9-10-18(15)27-3)21-19(23)12-22(28(4,24)25)17-8-6-5-7-16(17)20/h5-11,13H,12H2,1-4H3,(H,21,23)/t13-/m0/s1. The van der Waals surface area contributed by atoms with Gasteiger partial charge >= 0.3 is 0 Å². The number of ether oxygens (including phenoxy) is 2. The SMILES string of the molecule is COc1ccc(OC)c([C@H](C)NC(=O)CN(c2ccccc2Cl)S(C)(=O)=O)c1. The molecule has 1 N–H and O–H groups in total. The summed E-state index contributed by atoms with van der Waals surface area (Å²) in [6.07, 6.45) is 1.03. The van der Waals surface area contributed by atoms with E-state index in [2.05, 4.69) is 5.32 Å². The number of para-hydroxylation sites is 1. The van der Waals surface area contributed by atoms with E-state index in [1.807, 2.05) is 0 Å². The molecule has 9 heteroatoms. The summed E-state index contributed by atoms with van der Waals surface area (Å²) < 4.78 is 35.9. The first kappa shape index (κ1) is 21.8. The van der Waals surface area contributed by atoms with Crippen LogP contribution in [-0.4, -0.2) is 41.3 Å². The average molecular weight is 427 g/mol. The smallest absolute Gasteiger partial charge is 0.241 e. The van der Waals surface area contributed by atoms with Crippen LogP contribution in [0.1, 0.15) is 18.5 Å². The highest BCUT2D eigenvalue weighted by Crippen LogP contribution is 2.30. The van der Waals surface area contributed by atoms with Crippen molar-refractivity contribution in [3.05, 3.63) is 53.1 Å². The minimum absolute atomic E-state index is 0.239. The molecule has 2 aromatic carbocycles. The quantitative estimate of drug-likeness (QED) is 0.701. The van der Waals surface area contributed by atoms with Gasteiger partial charge in [-0.3, -0.25) is 9.10 Å². The first-order valence-electron chi connectivity index (χ1n) is 8.41. The molecule has 0 bridgehead atoms. The third kappa shape index (κ3) is 5.30. The van der Waals surface area contributed by atoms with Crippen LogP contribution in [0.4, 0.5) is 5.69 Å². The molecule has 0 saturated carbocycles. The summed E-state index contributed by atoms with van der Waals surface area (Å²) in [6.45, 7) is 1.37. The molecule has 28 heavy (non-hydrogen) atoms. The number of halogens is 1. The Hall–Kier alpha value is -2.45. The van der Waals surface area contributed by atoms with Crippen LogP contribution in [0.5, 0.6) is 11.5 Å². The molecule has 0 heterocycles. The Morgan fingerprint density at radius 2 is 1.86 bits per heavy atom. The van der Waals surface area contributed by atoms with Crippen LogP contribution in [0.2, 0.25) is 5.02 Å². The number of rotatable bonds is 8. The Labute approximate surface area is 170 Å². The lowest BCUT2D eigenvalue weighted by Gasteiger charge is -2.24. The summed E-state index contributed by atoms with van der Waals surface area (Å²) in [6, 6.07) is 11.3. The highest BCUT2D eigenvalue weighted by atomic mass is 35.5. The Morgan fingerprint density at radius 3 is 2.43 bits per heavy atom. The van der Waals surface area contributed by atoms with Gasteiger partial charge in [0.25, 0.3) is 0 Å². The predicted octanol–water partition coefficient (Wildman–Crippen LogP) is 3.00. The van der Waals surface area contributed by atoms with Crippen LogP contribution in [-0.2, 0) is 14.8 Å². The van der Waals surface area contributed by atoms with E-state index >= 15 is 0 Å². The zero-order valence-corrected chi connectivity index (χ0v) is 17.7. The van der Waals surface area contributed by atoms with Crippen molar-refractivity contribution in [2.45, 2.75) is 13.0 Å². The number of amides is 1. The largest absolute Gasteiger partial charge is 0.497 e. The van der Waals surface area contributed by atoms with Gasteiger partial charge in [0, 0.05) is 5.56 Å². The van der Waals surface area contributed by atoms with E-state index in [1.54, 1.807) is 56.5 Å². The second kappa shape index (κ2) is 9.16. The van der Waals surface area contributed by atoms with Crippen molar-refractivity contribution in [2.24, 2.45) is 0 Å². The highest BCUT2D eigenvalue weighted by molar-refractivity contribution is 7.92. The molecule has 1 amide bonds. The number of sulfonamides is 1. The van der Waals surface area contributed by atoms with Gasteiger partial charge in [-0.25, -0.2) is 8.42 Å². The minimum atomic E-state index is -3.72. The molecule has 0 aliphatic heterocycles. The highest BCUT2D eigenvalue weighted by Gasteiger charge is 2.24. The van der Waals surface area contributed by atoms with Crippen molar-refractivity contribution in [3.8, 4) is 11.5 Å². The summed E-state index contributed by atoms with van der Waals surface area (Å²) in [4.78, 5) is 12.6. The molecular formula is C19H23ClN2O5S. The van der Waals surface area contributed by atoms with Gasteiger partial charge in [-0.15, -0.1) is 0 Å². The molecule has 0 aliphatic rings. The van der Waals surface area contributed by atoms with Crippen LogP contribution < -0.4 is 19.1 Å².